The Bertz CT molecular complexity index is 842. The van der Waals surface area contributed by atoms with E-state index in [0.717, 1.165) is 12.1 Å². The number of likely N-dealkylation sites (tertiary alicyclic amines) is 1. The molecule has 2 atom stereocenters. The van der Waals surface area contributed by atoms with E-state index >= 15 is 0 Å². The van der Waals surface area contributed by atoms with E-state index < -0.39 is 49.6 Å². The van der Waals surface area contributed by atoms with Crippen molar-refractivity contribution in [3.05, 3.63) is 23.8 Å². The molecule has 1 aromatic carbocycles. The van der Waals surface area contributed by atoms with E-state index in [-0.39, 0.29) is 24.6 Å². The van der Waals surface area contributed by atoms with Crippen molar-refractivity contribution in [2.24, 2.45) is 0 Å². The van der Waals surface area contributed by atoms with Crippen molar-refractivity contribution in [1.82, 2.24) is 4.90 Å². The average Bonchev–Trinajstić information content (AvgIpc) is 3.36. The number of carbonyl (C=O) groups excluding carboxylic acids is 1. The minimum atomic E-state index is -3.59. The van der Waals surface area contributed by atoms with Gasteiger partial charge in [0.05, 0.1) is 18.3 Å². The number of carbonyl (C=O) groups is 1. The molecule has 0 bridgehead atoms. The van der Waals surface area contributed by atoms with Gasteiger partial charge in [-0.1, -0.05) is 0 Å². The topological polar surface area (TPSA) is 72.9 Å². The summed E-state index contributed by atoms with van der Waals surface area (Å²) in [5, 5.41) is -0.466. The number of fused-ring (bicyclic) bond motifs is 2. The Balaban J connectivity index is 1.56. The van der Waals surface area contributed by atoms with Gasteiger partial charge < -0.3 is 14.4 Å². The van der Waals surface area contributed by atoms with E-state index in [1.54, 1.807) is 0 Å². The van der Waals surface area contributed by atoms with E-state index in [1.165, 1.54) is 18.7 Å². The molecule has 0 N–H and O–H groups in total. The van der Waals surface area contributed by atoms with Crippen molar-refractivity contribution >= 4 is 15.7 Å². The van der Waals surface area contributed by atoms with Crippen LogP contribution in [0.25, 0.3) is 0 Å². The van der Waals surface area contributed by atoms with Crippen LogP contribution in [0.1, 0.15) is 26.7 Å². The monoisotopic (exact) mass is 387 g/mol. The van der Waals surface area contributed by atoms with Gasteiger partial charge in [0, 0.05) is 0 Å². The first kappa shape index (κ1) is 17.5. The van der Waals surface area contributed by atoms with Crippen molar-refractivity contribution in [2.45, 2.75) is 48.9 Å². The van der Waals surface area contributed by atoms with E-state index in [1.807, 2.05) is 0 Å². The molecule has 2 aliphatic heterocycles. The molecule has 3 aliphatic rings. The third-order valence-corrected chi connectivity index (χ3v) is 8.19. The Kier molecular flexibility index (Phi) is 3.74. The predicted octanol–water partition coefficient (Wildman–Crippen LogP) is 1.67. The number of amides is 1. The highest BCUT2D eigenvalue weighted by atomic mass is 32.2. The first-order valence-electron chi connectivity index (χ1n) is 8.47. The summed E-state index contributed by atoms with van der Waals surface area (Å²) in [6.07, 6.45) is -0.209. The summed E-state index contributed by atoms with van der Waals surface area (Å²) in [6.45, 7) is 2.92. The van der Waals surface area contributed by atoms with Gasteiger partial charge in [-0.2, -0.15) is 0 Å². The first-order valence-corrected chi connectivity index (χ1v) is 10.0. The molecule has 2 heterocycles. The van der Waals surface area contributed by atoms with E-state index in [9.17, 15) is 22.0 Å². The summed E-state index contributed by atoms with van der Waals surface area (Å²) in [4.78, 5) is 14.2. The fourth-order valence-electron chi connectivity index (χ4n) is 3.47. The van der Waals surface area contributed by atoms with Crippen LogP contribution in [0.4, 0.5) is 8.78 Å². The van der Waals surface area contributed by atoms with Gasteiger partial charge in [0.25, 0.3) is 0 Å². The fraction of sp³-hybridized carbons (Fsp3) is 0.588. The van der Waals surface area contributed by atoms with E-state index in [0.29, 0.717) is 12.8 Å². The molecule has 9 heteroatoms. The zero-order valence-corrected chi connectivity index (χ0v) is 15.2. The zero-order chi connectivity index (χ0) is 18.9. The van der Waals surface area contributed by atoms with Crippen molar-refractivity contribution in [1.29, 1.82) is 0 Å². The lowest BCUT2D eigenvalue weighted by Crippen LogP contribution is -2.51. The van der Waals surface area contributed by atoms with Crippen LogP contribution < -0.4 is 9.47 Å². The van der Waals surface area contributed by atoms with Gasteiger partial charge in [-0.3, -0.25) is 4.79 Å². The summed E-state index contributed by atoms with van der Waals surface area (Å²) in [5.74, 6) is -2.67. The number of rotatable bonds is 3. The number of halogens is 2. The highest BCUT2D eigenvalue weighted by molar-refractivity contribution is 7.94. The summed E-state index contributed by atoms with van der Waals surface area (Å²) in [6, 6.07) is 1.89. The summed E-state index contributed by atoms with van der Waals surface area (Å²) >= 11 is 0. The number of nitrogens with zero attached hydrogens (tertiary/aromatic N) is 1. The molecule has 0 aromatic heterocycles. The molecule has 0 unspecified atom stereocenters. The van der Waals surface area contributed by atoms with E-state index in [4.69, 9.17) is 9.47 Å². The third-order valence-electron chi connectivity index (χ3n) is 5.25. The summed E-state index contributed by atoms with van der Waals surface area (Å²) in [7, 11) is -3.59. The minimum Gasteiger partial charge on any atom is -0.478 e. The predicted molar refractivity (Wildman–Crippen MR) is 87.8 cm³/mol. The molecule has 26 heavy (non-hydrogen) atoms. The lowest BCUT2D eigenvalue weighted by atomic mass is 10.2. The third kappa shape index (κ3) is 2.47. The molecule has 1 aromatic rings. The van der Waals surface area contributed by atoms with Crippen LogP contribution in [0.3, 0.4) is 0 Å². The molecule has 1 aliphatic carbocycles. The lowest BCUT2D eigenvalue weighted by Gasteiger charge is -2.28. The molecule has 2 fully saturated rings. The zero-order valence-electron chi connectivity index (χ0n) is 14.4. The second-order valence-electron chi connectivity index (χ2n) is 7.46. The molecular weight excluding hydrogens is 368 g/mol. The Morgan fingerprint density at radius 1 is 1.08 bits per heavy atom. The van der Waals surface area contributed by atoms with E-state index in [2.05, 4.69) is 0 Å². The van der Waals surface area contributed by atoms with Crippen molar-refractivity contribution in [3.8, 4) is 11.5 Å². The Morgan fingerprint density at radius 2 is 1.54 bits per heavy atom. The van der Waals surface area contributed by atoms with Crippen molar-refractivity contribution in [2.75, 3.05) is 13.1 Å². The minimum absolute atomic E-state index is 0.0580. The molecule has 6 nitrogen and oxygen atoms in total. The van der Waals surface area contributed by atoms with Crippen LogP contribution in [0.2, 0.25) is 0 Å². The van der Waals surface area contributed by atoms with Gasteiger partial charge in [-0.25, -0.2) is 17.2 Å². The Labute approximate surface area is 150 Å². The molecule has 0 radical (unpaired) electrons. The van der Waals surface area contributed by atoms with Gasteiger partial charge in [0.1, 0.15) is 4.75 Å². The molecule has 1 saturated carbocycles. The molecule has 1 saturated heterocycles. The van der Waals surface area contributed by atoms with Gasteiger partial charge in [0.2, 0.25) is 17.4 Å². The Morgan fingerprint density at radius 3 is 1.96 bits per heavy atom. The molecule has 142 valence electrons. The van der Waals surface area contributed by atoms with Crippen molar-refractivity contribution < 1.29 is 31.5 Å². The van der Waals surface area contributed by atoms with Crippen LogP contribution in [0.5, 0.6) is 11.5 Å². The quantitative estimate of drug-likeness (QED) is 0.789. The largest absolute Gasteiger partial charge is 0.478 e. The van der Waals surface area contributed by atoms with Crippen LogP contribution in [-0.2, 0) is 14.6 Å². The maximum absolute atomic E-state index is 13.9. The van der Waals surface area contributed by atoms with Crippen molar-refractivity contribution in [3.63, 3.8) is 0 Å². The lowest BCUT2D eigenvalue weighted by molar-refractivity contribution is -0.132. The van der Waals surface area contributed by atoms with Gasteiger partial charge in [-0.15, -0.1) is 0 Å². The van der Waals surface area contributed by atoms with Gasteiger partial charge in [-0.05, 0) is 38.8 Å². The maximum atomic E-state index is 13.9. The highest BCUT2D eigenvalue weighted by Crippen LogP contribution is 2.42. The average molecular weight is 387 g/mol. The van der Waals surface area contributed by atoms with Crippen LogP contribution in [0.15, 0.2) is 12.1 Å². The van der Waals surface area contributed by atoms with Crippen LogP contribution in [-0.4, -0.2) is 54.5 Å². The molecule has 1 amide bonds. The highest BCUT2D eigenvalue weighted by Gasteiger charge is 2.54. The van der Waals surface area contributed by atoms with Gasteiger partial charge >= 0.3 is 0 Å². The number of benzene rings is 1. The van der Waals surface area contributed by atoms with Crippen LogP contribution >= 0.6 is 0 Å². The number of ether oxygens (including phenoxy) is 2. The van der Waals surface area contributed by atoms with Crippen LogP contribution in [0, 0.1) is 11.6 Å². The fourth-order valence-corrected chi connectivity index (χ4v) is 5.43. The Hall–Kier alpha value is -1.90. The maximum Gasteiger partial charge on any atom is 0.243 e. The SMILES string of the molecule is CC(C)(C(=O)N1C[C@@H]2Oc3c(F)ccc(F)c3O[C@@H]2C1)S(=O)(=O)C1CC1. The molecule has 0 spiro atoms. The summed E-state index contributed by atoms with van der Waals surface area (Å²) < 4.78 is 62.4. The number of hydrogen-bond acceptors (Lipinski definition) is 5. The summed E-state index contributed by atoms with van der Waals surface area (Å²) in [5.41, 5.74) is 0. The second kappa shape index (κ2) is 5.55. The second-order valence-corrected chi connectivity index (χ2v) is 10.2. The van der Waals surface area contributed by atoms with Gasteiger partial charge in [0.15, 0.2) is 33.7 Å². The molecular formula is C17H19F2NO5S. The molecule has 4 rings (SSSR count). The number of sulfone groups is 1. The normalized spacial score (nSPS) is 25.2. The standard InChI is InChI=1S/C17H19F2NO5S/c1-17(2,26(22,23)9-3-4-9)16(21)20-7-12-13(8-20)25-15-11(19)6-5-10(18)14(15)24-12/h5-6,9,12-13H,3-4,7-8H2,1-2H3/t12-,13+. The first-order chi connectivity index (χ1) is 12.1. The number of hydrogen-bond donors (Lipinski definition) is 0. The smallest absolute Gasteiger partial charge is 0.243 e.